The van der Waals surface area contributed by atoms with Crippen LogP contribution in [0.5, 0.6) is 0 Å². The van der Waals surface area contributed by atoms with Crippen molar-refractivity contribution in [3.63, 3.8) is 0 Å². The Balaban J connectivity index is 2.01. The highest BCUT2D eigenvalue weighted by Gasteiger charge is 2.12. The standard InChI is InChI=1S/C19H14F2/c1-13-7-12-17(19(21)18(13)20)16-10-8-15(9-11-16)14-5-3-2-4-6-14/h2-12H,1H3. The summed E-state index contributed by atoms with van der Waals surface area (Å²) in [6.45, 7) is 1.56. The van der Waals surface area contributed by atoms with Gasteiger partial charge in [-0.1, -0.05) is 66.7 Å². The fraction of sp³-hybridized carbons (Fsp3) is 0.0526. The third-order valence-corrected chi connectivity index (χ3v) is 3.58. The van der Waals surface area contributed by atoms with Crippen molar-refractivity contribution in [1.29, 1.82) is 0 Å². The van der Waals surface area contributed by atoms with Gasteiger partial charge in [0.15, 0.2) is 11.6 Å². The van der Waals surface area contributed by atoms with Gasteiger partial charge in [0.25, 0.3) is 0 Å². The Kier molecular flexibility index (Phi) is 3.53. The number of aryl methyl sites for hydroxylation is 1. The second kappa shape index (κ2) is 5.49. The Labute approximate surface area is 122 Å². The molecule has 0 N–H and O–H groups in total. The van der Waals surface area contributed by atoms with Gasteiger partial charge >= 0.3 is 0 Å². The molecule has 3 rings (SSSR count). The maximum absolute atomic E-state index is 14.0. The van der Waals surface area contributed by atoms with Crippen molar-refractivity contribution < 1.29 is 8.78 Å². The lowest BCUT2D eigenvalue weighted by atomic mass is 9.99. The summed E-state index contributed by atoms with van der Waals surface area (Å²) in [5.41, 5.74) is 3.42. The minimum Gasteiger partial charge on any atom is -0.203 e. The van der Waals surface area contributed by atoms with Crippen LogP contribution in [0.2, 0.25) is 0 Å². The largest absolute Gasteiger partial charge is 0.203 e. The number of hydrogen-bond acceptors (Lipinski definition) is 0. The monoisotopic (exact) mass is 280 g/mol. The van der Waals surface area contributed by atoms with Crippen molar-refractivity contribution in [1.82, 2.24) is 0 Å². The van der Waals surface area contributed by atoms with E-state index < -0.39 is 11.6 Å². The SMILES string of the molecule is Cc1ccc(-c2ccc(-c3ccccc3)cc2)c(F)c1F. The molecule has 0 aliphatic carbocycles. The zero-order chi connectivity index (χ0) is 14.8. The topological polar surface area (TPSA) is 0 Å². The molecule has 0 nitrogen and oxygen atoms in total. The molecule has 0 saturated carbocycles. The predicted octanol–water partition coefficient (Wildman–Crippen LogP) is 5.61. The number of hydrogen-bond donors (Lipinski definition) is 0. The molecule has 0 aromatic heterocycles. The van der Waals surface area contributed by atoms with E-state index in [1.807, 2.05) is 54.6 Å². The lowest BCUT2D eigenvalue weighted by Crippen LogP contribution is -1.93. The Morgan fingerprint density at radius 3 is 1.81 bits per heavy atom. The van der Waals surface area contributed by atoms with E-state index >= 15 is 0 Å². The molecule has 0 heterocycles. The van der Waals surface area contributed by atoms with E-state index in [4.69, 9.17) is 0 Å². The van der Waals surface area contributed by atoms with E-state index in [0.29, 0.717) is 11.1 Å². The Morgan fingerprint density at radius 2 is 1.14 bits per heavy atom. The molecular weight excluding hydrogens is 266 g/mol. The van der Waals surface area contributed by atoms with Crippen molar-refractivity contribution in [3.05, 3.63) is 83.9 Å². The minimum absolute atomic E-state index is 0.290. The van der Waals surface area contributed by atoms with Gasteiger partial charge in [0.2, 0.25) is 0 Å². The zero-order valence-electron chi connectivity index (χ0n) is 11.6. The van der Waals surface area contributed by atoms with Gasteiger partial charge < -0.3 is 0 Å². The third kappa shape index (κ3) is 2.57. The van der Waals surface area contributed by atoms with Crippen LogP contribution < -0.4 is 0 Å². The molecule has 0 saturated heterocycles. The molecular formula is C19H14F2. The quantitative estimate of drug-likeness (QED) is 0.572. The van der Waals surface area contributed by atoms with Crippen molar-refractivity contribution in [2.24, 2.45) is 0 Å². The van der Waals surface area contributed by atoms with Gasteiger partial charge in [-0.2, -0.15) is 0 Å². The van der Waals surface area contributed by atoms with Gasteiger partial charge in [-0.05, 0) is 29.2 Å². The summed E-state index contributed by atoms with van der Waals surface area (Å²) in [4.78, 5) is 0. The first kappa shape index (κ1) is 13.5. The van der Waals surface area contributed by atoms with Crippen LogP contribution in [0, 0.1) is 18.6 Å². The van der Waals surface area contributed by atoms with Crippen LogP contribution in [0.25, 0.3) is 22.3 Å². The van der Waals surface area contributed by atoms with Crippen LogP contribution in [0.1, 0.15) is 5.56 Å². The van der Waals surface area contributed by atoms with Gasteiger partial charge in [0.05, 0.1) is 0 Å². The number of benzene rings is 3. The van der Waals surface area contributed by atoms with Crippen molar-refractivity contribution >= 4 is 0 Å². The van der Waals surface area contributed by atoms with Crippen molar-refractivity contribution in [3.8, 4) is 22.3 Å². The lowest BCUT2D eigenvalue weighted by molar-refractivity contribution is 0.505. The summed E-state index contributed by atoms with van der Waals surface area (Å²) >= 11 is 0. The van der Waals surface area contributed by atoms with Crippen LogP contribution in [0.15, 0.2) is 66.7 Å². The third-order valence-electron chi connectivity index (χ3n) is 3.58. The molecule has 0 radical (unpaired) electrons. The molecule has 0 amide bonds. The molecule has 0 atom stereocenters. The van der Waals surface area contributed by atoms with Gasteiger partial charge in [0.1, 0.15) is 0 Å². The summed E-state index contributed by atoms with van der Waals surface area (Å²) in [6.07, 6.45) is 0. The molecule has 0 aliphatic rings. The van der Waals surface area contributed by atoms with Crippen LogP contribution in [-0.4, -0.2) is 0 Å². The fourth-order valence-corrected chi connectivity index (χ4v) is 2.34. The number of rotatable bonds is 2. The maximum Gasteiger partial charge on any atom is 0.166 e. The predicted molar refractivity (Wildman–Crippen MR) is 82.0 cm³/mol. The van der Waals surface area contributed by atoms with Gasteiger partial charge in [0, 0.05) is 5.56 Å². The van der Waals surface area contributed by atoms with Crippen LogP contribution >= 0.6 is 0 Å². The molecule has 21 heavy (non-hydrogen) atoms. The summed E-state index contributed by atoms with van der Waals surface area (Å²) in [5.74, 6) is -1.57. The van der Waals surface area contributed by atoms with Crippen molar-refractivity contribution in [2.75, 3.05) is 0 Å². The molecule has 0 unspecified atom stereocenters. The Bertz CT molecular complexity index is 760. The normalized spacial score (nSPS) is 10.6. The molecule has 3 aromatic rings. The first-order valence-corrected chi connectivity index (χ1v) is 6.77. The van der Waals surface area contributed by atoms with Crippen LogP contribution in [-0.2, 0) is 0 Å². The van der Waals surface area contributed by atoms with E-state index in [1.54, 1.807) is 19.1 Å². The van der Waals surface area contributed by atoms with Gasteiger partial charge in [-0.3, -0.25) is 0 Å². The Hall–Kier alpha value is -2.48. The van der Waals surface area contributed by atoms with Crippen LogP contribution in [0.3, 0.4) is 0 Å². The molecule has 104 valence electrons. The molecule has 3 aromatic carbocycles. The smallest absolute Gasteiger partial charge is 0.166 e. The lowest BCUT2D eigenvalue weighted by Gasteiger charge is -2.08. The first-order valence-electron chi connectivity index (χ1n) is 6.77. The average molecular weight is 280 g/mol. The second-order valence-corrected chi connectivity index (χ2v) is 5.00. The number of halogens is 2. The summed E-state index contributed by atoms with van der Waals surface area (Å²) < 4.78 is 27.6. The second-order valence-electron chi connectivity index (χ2n) is 5.00. The summed E-state index contributed by atoms with van der Waals surface area (Å²) in [5, 5.41) is 0. The zero-order valence-corrected chi connectivity index (χ0v) is 11.6. The highest BCUT2D eigenvalue weighted by atomic mass is 19.2. The van der Waals surface area contributed by atoms with E-state index in [0.717, 1.165) is 11.1 Å². The molecule has 0 spiro atoms. The molecule has 2 heteroatoms. The van der Waals surface area contributed by atoms with Gasteiger partial charge in [-0.25, -0.2) is 8.78 Å². The highest BCUT2D eigenvalue weighted by Crippen LogP contribution is 2.28. The molecule has 0 fully saturated rings. The first-order chi connectivity index (χ1) is 10.2. The van der Waals surface area contributed by atoms with Gasteiger partial charge in [-0.15, -0.1) is 0 Å². The average Bonchev–Trinajstić information content (AvgIpc) is 2.54. The minimum atomic E-state index is -0.789. The van der Waals surface area contributed by atoms with Crippen LogP contribution in [0.4, 0.5) is 8.78 Å². The highest BCUT2D eigenvalue weighted by molar-refractivity contribution is 5.70. The van der Waals surface area contributed by atoms with E-state index in [-0.39, 0.29) is 5.56 Å². The van der Waals surface area contributed by atoms with E-state index in [9.17, 15) is 8.78 Å². The summed E-state index contributed by atoms with van der Waals surface area (Å²) in [7, 11) is 0. The Morgan fingerprint density at radius 1 is 0.571 bits per heavy atom. The van der Waals surface area contributed by atoms with E-state index in [2.05, 4.69) is 0 Å². The molecule has 0 bridgehead atoms. The van der Waals surface area contributed by atoms with Crippen molar-refractivity contribution in [2.45, 2.75) is 6.92 Å². The summed E-state index contributed by atoms with van der Waals surface area (Å²) in [6, 6.07) is 20.6. The molecule has 0 aliphatic heterocycles. The maximum atomic E-state index is 14.0. The fourth-order valence-electron chi connectivity index (χ4n) is 2.34. The van der Waals surface area contributed by atoms with E-state index in [1.165, 1.54) is 0 Å².